The maximum absolute atomic E-state index is 13.1. The van der Waals surface area contributed by atoms with Gasteiger partial charge in [0.05, 0.1) is 13.2 Å². The van der Waals surface area contributed by atoms with Crippen molar-refractivity contribution >= 4 is 5.91 Å². The van der Waals surface area contributed by atoms with E-state index in [-0.39, 0.29) is 30.7 Å². The van der Waals surface area contributed by atoms with Crippen molar-refractivity contribution in [1.29, 1.82) is 0 Å². The lowest BCUT2D eigenvalue weighted by Crippen LogP contribution is -2.28. The van der Waals surface area contributed by atoms with Gasteiger partial charge in [0, 0.05) is 31.0 Å². The van der Waals surface area contributed by atoms with Crippen LogP contribution in [0, 0.1) is 5.82 Å². The Bertz CT molecular complexity index is 1020. The highest BCUT2D eigenvalue weighted by Gasteiger charge is 2.28. The van der Waals surface area contributed by atoms with E-state index in [0.717, 1.165) is 12.0 Å². The van der Waals surface area contributed by atoms with Crippen LogP contribution < -0.4 is 4.74 Å². The van der Waals surface area contributed by atoms with Crippen LogP contribution in [0.2, 0.25) is 0 Å². The first-order valence-electron chi connectivity index (χ1n) is 10.2. The van der Waals surface area contributed by atoms with E-state index in [2.05, 4.69) is 15.4 Å². The zero-order chi connectivity index (χ0) is 21.8. The van der Waals surface area contributed by atoms with Gasteiger partial charge in [0.2, 0.25) is 0 Å². The minimum atomic E-state index is -0.765. The Hall–Kier alpha value is -3.33. The monoisotopic (exact) mass is 425 g/mol. The SMILES string of the molecule is Cn1nnc(C[C@@H](O)COc2ccc(C(=O)N3CC[C@H](c4ccc(F)cc4)C3)cc2)n1. The number of nitrogens with zero attached hydrogens (tertiary/aromatic N) is 5. The molecule has 1 aromatic heterocycles. The number of ether oxygens (including phenoxy) is 1. The molecule has 1 amide bonds. The second kappa shape index (κ2) is 9.22. The third-order valence-electron chi connectivity index (χ3n) is 5.33. The number of benzene rings is 2. The molecule has 0 spiro atoms. The van der Waals surface area contributed by atoms with Gasteiger partial charge in [-0.1, -0.05) is 12.1 Å². The standard InChI is InChI=1S/C22H24FN5O3/c1-27-25-21(24-26-27)12-19(29)14-31-20-8-4-16(5-9-20)22(30)28-11-10-17(13-28)15-2-6-18(23)7-3-15/h2-9,17,19,29H,10-14H2,1H3/t17-,19+/m0/s1. The zero-order valence-corrected chi connectivity index (χ0v) is 17.2. The number of aliphatic hydroxyl groups excluding tert-OH is 1. The van der Waals surface area contributed by atoms with E-state index in [4.69, 9.17) is 4.74 Å². The Morgan fingerprint density at radius 3 is 2.65 bits per heavy atom. The first kappa shape index (κ1) is 20.9. The normalized spacial score (nSPS) is 17.0. The van der Waals surface area contributed by atoms with Crippen LogP contribution in [-0.4, -0.2) is 61.9 Å². The molecule has 2 atom stereocenters. The molecule has 9 heteroatoms. The Labute approximate surface area is 179 Å². The van der Waals surface area contributed by atoms with E-state index in [1.807, 2.05) is 4.90 Å². The van der Waals surface area contributed by atoms with Gasteiger partial charge >= 0.3 is 0 Å². The lowest BCUT2D eigenvalue weighted by atomic mass is 9.99. The second-order valence-electron chi connectivity index (χ2n) is 7.68. The molecule has 0 bridgehead atoms. The summed E-state index contributed by atoms with van der Waals surface area (Å²) in [6.07, 6.45) is 0.338. The summed E-state index contributed by atoms with van der Waals surface area (Å²) < 4.78 is 18.7. The Balaban J connectivity index is 1.28. The predicted octanol–water partition coefficient (Wildman–Crippen LogP) is 1.96. The van der Waals surface area contributed by atoms with E-state index in [0.29, 0.717) is 30.2 Å². The molecular weight excluding hydrogens is 401 g/mol. The van der Waals surface area contributed by atoms with Gasteiger partial charge in [-0.05, 0) is 53.6 Å². The maximum atomic E-state index is 13.1. The first-order chi connectivity index (χ1) is 15.0. The highest BCUT2D eigenvalue weighted by atomic mass is 19.1. The molecule has 2 heterocycles. The van der Waals surface area contributed by atoms with Crippen molar-refractivity contribution in [2.24, 2.45) is 7.05 Å². The van der Waals surface area contributed by atoms with Crippen LogP contribution in [0.1, 0.15) is 34.1 Å². The van der Waals surface area contributed by atoms with E-state index in [1.165, 1.54) is 16.9 Å². The van der Waals surface area contributed by atoms with Gasteiger partial charge < -0.3 is 14.7 Å². The summed E-state index contributed by atoms with van der Waals surface area (Å²) in [5, 5.41) is 21.7. The fraction of sp³-hybridized carbons (Fsp3) is 0.364. The summed E-state index contributed by atoms with van der Waals surface area (Å²) in [4.78, 5) is 16.0. The molecule has 0 radical (unpaired) electrons. The Morgan fingerprint density at radius 1 is 1.23 bits per heavy atom. The minimum absolute atomic E-state index is 0.0371. The summed E-state index contributed by atoms with van der Waals surface area (Å²) in [7, 11) is 1.66. The van der Waals surface area contributed by atoms with Crippen LogP contribution in [0.25, 0.3) is 0 Å². The van der Waals surface area contributed by atoms with E-state index >= 15 is 0 Å². The number of hydrogen-bond donors (Lipinski definition) is 1. The molecule has 31 heavy (non-hydrogen) atoms. The smallest absolute Gasteiger partial charge is 0.253 e. The van der Waals surface area contributed by atoms with Gasteiger partial charge in [-0.2, -0.15) is 4.80 Å². The average Bonchev–Trinajstić information content (AvgIpc) is 3.42. The van der Waals surface area contributed by atoms with Crippen LogP contribution >= 0.6 is 0 Å². The van der Waals surface area contributed by atoms with Gasteiger partial charge in [0.1, 0.15) is 18.2 Å². The summed E-state index contributed by atoms with van der Waals surface area (Å²) in [5.74, 6) is 0.940. The highest BCUT2D eigenvalue weighted by molar-refractivity contribution is 5.94. The van der Waals surface area contributed by atoms with Crippen LogP contribution in [0.3, 0.4) is 0 Å². The summed E-state index contributed by atoms with van der Waals surface area (Å²) in [6, 6.07) is 13.4. The minimum Gasteiger partial charge on any atom is -0.491 e. The van der Waals surface area contributed by atoms with Crippen molar-refractivity contribution < 1.29 is 19.0 Å². The first-order valence-corrected chi connectivity index (χ1v) is 10.2. The molecule has 8 nitrogen and oxygen atoms in total. The molecule has 0 unspecified atom stereocenters. The van der Waals surface area contributed by atoms with Gasteiger partial charge in [0.25, 0.3) is 5.91 Å². The molecule has 162 valence electrons. The molecule has 1 aliphatic rings. The predicted molar refractivity (Wildman–Crippen MR) is 110 cm³/mol. The summed E-state index contributed by atoms with van der Waals surface area (Å²) in [6.45, 7) is 1.37. The number of carbonyl (C=O) groups excluding carboxylic acids is 1. The van der Waals surface area contributed by atoms with E-state index in [1.54, 1.807) is 43.4 Å². The second-order valence-corrected chi connectivity index (χ2v) is 7.68. The average molecular weight is 425 g/mol. The number of tetrazole rings is 1. The number of carbonyl (C=O) groups is 1. The van der Waals surface area contributed by atoms with Crippen LogP contribution in [0.5, 0.6) is 5.75 Å². The molecule has 1 fully saturated rings. The molecule has 1 aliphatic heterocycles. The maximum Gasteiger partial charge on any atom is 0.253 e. The molecule has 4 rings (SSSR count). The van der Waals surface area contributed by atoms with E-state index < -0.39 is 6.10 Å². The summed E-state index contributed by atoms with van der Waals surface area (Å²) >= 11 is 0. The van der Waals surface area contributed by atoms with Crippen LogP contribution in [0.15, 0.2) is 48.5 Å². The van der Waals surface area contributed by atoms with Gasteiger partial charge in [-0.3, -0.25) is 4.79 Å². The van der Waals surface area contributed by atoms with Crippen molar-refractivity contribution in [2.75, 3.05) is 19.7 Å². The highest BCUT2D eigenvalue weighted by Crippen LogP contribution is 2.28. The fourth-order valence-electron chi connectivity index (χ4n) is 3.70. The molecule has 0 saturated carbocycles. The number of amides is 1. The number of aromatic nitrogens is 4. The van der Waals surface area contributed by atoms with Crippen molar-refractivity contribution in [3.8, 4) is 5.75 Å². The van der Waals surface area contributed by atoms with Gasteiger partial charge in [0.15, 0.2) is 5.82 Å². The number of aliphatic hydroxyl groups is 1. The molecule has 3 aromatic rings. The number of likely N-dealkylation sites (tertiary alicyclic amines) is 1. The third kappa shape index (κ3) is 5.24. The van der Waals surface area contributed by atoms with E-state index in [9.17, 15) is 14.3 Å². The van der Waals surface area contributed by atoms with Crippen molar-refractivity contribution in [3.05, 3.63) is 71.3 Å². The van der Waals surface area contributed by atoms with Crippen LogP contribution in [0.4, 0.5) is 4.39 Å². The van der Waals surface area contributed by atoms with Crippen LogP contribution in [-0.2, 0) is 13.5 Å². The lowest BCUT2D eigenvalue weighted by Gasteiger charge is -2.17. The largest absolute Gasteiger partial charge is 0.491 e. The quantitative estimate of drug-likeness (QED) is 0.622. The Kier molecular flexibility index (Phi) is 6.22. The van der Waals surface area contributed by atoms with Crippen molar-refractivity contribution in [1.82, 2.24) is 25.1 Å². The number of rotatable bonds is 7. The summed E-state index contributed by atoms with van der Waals surface area (Å²) in [5.41, 5.74) is 1.63. The molecule has 1 N–H and O–H groups in total. The Morgan fingerprint density at radius 2 is 1.97 bits per heavy atom. The molecular formula is C22H24FN5O3. The lowest BCUT2D eigenvalue weighted by molar-refractivity contribution is 0.0790. The molecule has 0 aliphatic carbocycles. The molecule has 1 saturated heterocycles. The van der Waals surface area contributed by atoms with Gasteiger partial charge in [-0.25, -0.2) is 4.39 Å². The van der Waals surface area contributed by atoms with Crippen molar-refractivity contribution in [3.63, 3.8) is 0 Å². The molecule has 2 aromatic carbocycles. The van der Waals surface area contributed by atoms with Gasteiger partial charge in [-0.15, -0.1) is 10.2 Å². The van der Waals surface area contributed by atoms with Crippen molar-refractivity contribution in [2.45, 2.75) is 24.9 Å². The fourth-order valence-corrected chi connectivity index (χ4v) is 3.70. The zero-order valence-electron chi connectivity index (χ0n) is 17.2. The third-order valence-corrected chi connectivity index (χ3v) is 5.33. The number of aryl methyl sites for hydroxylation is 1. The number of halogens is 1. The number of hydrogen-bond acceptors (Lipinski definition) is 6. The topological polar surface area (TPSA) is 93.4 Å².